The Morgan fingerprint density at radius 2 is 2.25 bits per heavy atom. The fourth-order valence-corrected chi connectivity index (χ4v) is 2.31. The Hall–Kier alpha value is -1.66. The third kappa shape index (κ3) is 2.91. The molecule has 0 heterocycles. The van der Waals surface area contributed by atoms with Gasteiger partial charge in [0.15, 0.2) is 0 Å². The highest BCUT2D eigenvalue weighted by atomic mass is 16.6. The molecule has 6 heteroatoms. The van der Waals surface area contributed by atoms with Crippen molar-refractivity contribution in [3.8, 4) is 5.75 Å². The molecule has 110 valence electrons. The number of benzene rings is 1. The lowest BCUT2D eigenvalue weighted by atomic mass is 9.86. The second-order valence-corrected chi connectivity index (χ2v) is 5.05. The zero-order valence-corrected chi connectivity index (χ0v) is 11.7. The molecule has 1 aliphatic carbocycles. The maximum atomic E-state index is 10.9. The van der Waals surface area contributed by atoms with Gasteiger partial charge in [0.25, 0.3) is 5.69 Å². The van der Waals surface area contributed by atoms with E-state index in [4.69, 9.17) is 15.2 Å². The summed E-state index contributed by atoms with van der Waals surface area (Å²) in [7, 11) is 0. The van der Waals surface area contributed by atoms with Crippen LogP contribution >= 0.6 is 0 Å². The van der Waals surface area contributed by atoms with Crippen LogP contribution in [0.5, 0.6) is 5.75 Å². The zero-order chi connectivity index (χ0) is 14.7. The van der Waals surface area contributed by atoms with Gasteiger partial charge in [-0.25, -0.2) is 0 Å². The number of nitro groups is 1. The molecule has 2 rings (SSSR count). The molecule has 20 heavy (non-hydrogen) atoms. The van der Waals surface area contributed by atoms with Crippen LogP contribution in [0.2, 0.25) is 0 Å². The highest BCUT2D eigenvalue weighted by Crippen LogP contribution is 2.32. The lowest BCUT2D eigenvalue weighted by molar-refractivity contribution is -0.385. The Morgan fingerprint density at radius 1 is 1.50 bits per heavy atom. The van der Waals surface area contributed by atoms with Crippen molar-refractivity contribution < 1.29 is 14.4 Å². The summed E-state index contributed by atoms with van der Waals surface area (Å²) in [4.78, 5) is 10.5. The Kier molecular flexibility index (Phi) is 4.57. The quantitative estimate of drug-likeness (QED) is 0.637. The molecule has 1 aromatic rings. The van der Waals surface area contributed by atoms with Crippen LogP contribution in [0.3, 0.4) is 0 Å². The molecular formula is C14H20N2O4. The van der Waals surface area contributed by atoms with Crippen molar-refractivity contribution in [1.82, 2.24) is 0 Å². The predicted octanol–water partition coefficient (Wildman–Crippen LogP) is 2.18. The largest absolute Gasteiger partial charge is 0.487 e. The molecular weight excluding hydrogens is 260 g/mol. The van der Waals surface area contributed by atoms with E-state index in [1.165, 1.54) is 6.07 Å². The molecule has 0 saturated heterocycles. The van der Waals surface area contributed by atoms with Gasteiger partial charge in [0.1, 0.15) is 18.0 Å². The Balaban J connectivity index is 2.07. The minimum absolute atomic E-state index is 0.0226. The van der Waals surface area contributed by atoms with Gasteiger partial charge in [-0.15, -0.1) is 0 Å². The number of nitrogens with two attached hydrogens (primary N) is 1. The number of hydrogen-bond acceptors (Lipinski definition) is 5. The normalized spacial score (nSPS) is 25.1. The van der Waals surface area contributed by atoms with E-state index in [9.17, 15) is 10.1 Å². The van der Waals surface area contributed by atoms with Gasteiger partial charge in [-0.05, 0) is 19.4 Å². The highest BCUT2D eigenvalue weighted by molar-refractivity contribution is 5.48. The molecule has 3 unspecified atom stereocenters. The van der Waals surface area contributed by atoms with Crippen LogP contribution in [-0.4, -0.2) is 29.8 Å². The van der Waals surface area contributed by atoms with Crippen LogP contribution in [0.4, 0.5) is 5.69 Å². The van der Waals surface area contributed by atoms with Crippen molar-refractivity contribution in [1.29, 1.82) is 0 Å². The van der Waals surface area contributed by atoms with E-state index >= 15 is 0 Å². The van der Waals surface area contributed by atoms with Gasteiger partial charge in [0.05, 0.1) is 10.5 Å². The molecule has 1 aliphatic rings. The molecule has 1 fully saturated rings. The summed E-state index contributed by atoms with van der Waals surface area (Å²) in [5.41, 5.74) is 6.51. The number of ether oxygens (including phenoxy) is 2. The SMILES string of the molecule is CCCOC1C(N)CC1Oc1cccc([N+](=O)[O-])c1C. The highest BCUT2D eigenvalue weighted by Gasteiger charge is 2.41. The first-order valence-electron chi connectivity index (χ1n) is 6.82. The van der Waals surface area contributed by atoms with Crippen molar-refractivity contribution in [3.05, 3.63) is 33.9 Å². The molecule has 0 aromatic heterocycles. The number of nitro benzene ring substituents is 1. The second-order valence-electron chi connectivity index (χ2n) is 5.05. The molecule has 1 saturated carbocycles. The molecule has 0 aliphatic heterocycles. The third-order valence-corrected chi connectivity index (χ3v) is 3.54. The van der Waals surface area contributed by atoms with Gasteiger partial charge in [-0.3, -0.25) is 10.1 Å². The van der Waals surface area contributed by atoms with E-state index in [1.807, 2.05) is 6.92 Å². The first kappa shape index (κ1) is 14.7. The monoisotopic (exact) mass is 280 g/mol. The minimum atomic E-state index is -0.403. The summed E-state index contributed by atoms with van der Waals surface area (Å²) in [6.45, 7) is 4.37. The lowest BCUT2D eigenvalue weighted by Crippen LogP contribution is -2.59. The summed E-state index contributed by atoms with van der Waals surface area (Å²) in [5, 5.41) is 10.9. The fourth-order valence-electron chi connectivity index (χ4n) is 2.31. The van der Waals surface area contributed by atoms with Crippen LogP contribution in [0.15, 0.2) is 18.2 Å². The van der Waals surface area contributed by atoms with Crippen molar-refractivity contribution in [2.75, 3.05) is 6.61 Å². The standard InChI is InChI=1S/C14H20N2O4/c1-3-7-19-14-10(15)8-13(14)20-12-6-4-5-11(9(12)2)16(17)18/h4-6,10,13-14H,3,7-8,15H2,1-2H3. The molecule has 1 aromatic carbocycles. The van der Waals surface area contributed by atoms with E-state index in [-0.39, 0.29) is 23.9 Å². The lowest BCUT2D eigenvalue weighted by Gasteiger charge is -2.41. The van der Waals surface area contributed by atoms with Crippen molar-refractivity contribution >= 4 is 5.69 Å². The smallest absolute Gasteiger partial charge is 0.276 e. The molecule has 0 bridgehead atoms. The van der Waals surface area contributed by atoms with E-state index in [0.717, 1.165) is 6.42 Å². The maximum Gasteiger partial charge on any atom is 0.276 e. The topological polar surface area (TPSA) is 87.6 Å². The summed E-state index contributed by atoms with van der Waals surface area (Å²) < 4.78 is 11.5. The number of hydrogen-bond donors (Lipinski definition) is 1. The van der Waals surface area contributed by atoms with E-state index < -0.39 is 4.92 Å². The first-order chi connectivity index (χ1) is 9.54. The Labute approximate surface area is 118 Å². The number of nitrogens with zero attached hydrogens (tertiary/aromatic N) is 1. The molecule has 0 spiro atoms. The van der Waals surface area contributed by atoms with Gasteiger partial charge in [-0.2, -0.15) is 0 Å². The summed E-state index contributed by atoms with van der Waals surface area (Å²) in [5.74, 6) is 0.529. The van der Waals surface area contributed by atoms with Gasteiger partial charge in [-0.1, -0.05) is 13.0 Å². The van der Waals surface area contributed by atoms with Crippen molar-refractivity contribution in [2.45, 2.75) is 44.9 Å². The van der Waals surface area contributed by atoms with Crippen LogP contribution < -0.4 is 10.5 Å². The average molecular weight is 280 g/mol. The molecule has 3 atom stereocenters. The predicted molar refractivity (Wildman–Crippen MR) is 74.9 cm³/mol. The Bertz CT molecular complexity index is 492. The average Bonchev–Trinajstić information content (AvgIpc) is 2.40. The van der Waals surface area contributed by atoms with Crippen LogP contribution in [0.1, 0.15) is 25.3 Å². The van der Waals surface area contributed by atoms with Crippen LogP contribution in [-0.2, 0) is 4.74 Å². The third-order valence-electron chi connectivity index (χ3n) is 3.54. The molecule has 0 radical (unpaired) electrons. The van der Waals surface area contributed by atoms with Crippen molar-refractivity contribution in [2.24, 2.45) is 5.73 Å². The summed E-state index contributed by atoms with van der Waals surface area (Å²) in [6, 6.07) is 4.81. The first-order valence-corrected chi connectivity index (χ1v) is 6.82. The van der Waals surface area contributed by atoms with Gasteiger partial charge in [0.2, 0.25) is 0 Å². The van der Waals surface area contributed by atoms with Gasteiger partial charge < -0.3 is 15.2 Å². The Morgan fingerprint density at radius 3 is 2.85 bits per heavy atom. The fraction of sp³-hybridized carbons (Fsp3) is 0.571. The van der Waals surface area contributed by atoms with E-state index in [2.05, 4.69) is 0 Å². The van der Waals surface area contributed by atoms with Crippen LogP contribution in [0.25, 0.3) is 0 Å². The number of rotatable bonds is 6. The van der Waals surface area contributed by atoms with Gasteiger partial charge >= 0.3 is 0 Å². The molecule has 2 N–H and O–H groups in total. The maximum absolute atomic E-state index is 10.9. The summed E-state index contributed by atoms with van der Waals surface area (Å²) >= 11 is 0. The zero-order valence-electron chi connectivity index (χ0n) is 11.7. The molecule has 0 amide bonds. The minimum Gasteiger partial charge on any atom is -0.487 e. The van der Waals surface area contributed by atoms with Gasteiger partial charge in [0, 0.05) is 25.1 Å². The van der Waals surface area contributed by atoms with E-state index in [1.54, 1.807) is 19.1 Å². The van der Waals surface area contributed by atoms with Crippen molar-refractivity contribution in [3.63, 3.8) is 0 Å². The second kappa shape index (κ2) is 6.19. The molecule has 6 nitrogen and oxygen atoms in total. The van der Waals surface area contributed by atoms with E-state index in [0.29, 0.717) is 24.3 Å². The summed E-state index contributed by atoms with van der Waals surface area (Å²) in [6.07, 6.45) is 1.37. The van der Waals surface area contributed by atoms with Crippen LogP contribution in [0, 0.1) is 17.0 Å².